The number of hydrogen-bond donors (Lipinski definition) is 2. The highest BCUT2D eigenvalue weighted by Gasteiger charge is 2.43. The Hall–Kier alpha value is -0.160. The second-order valence-electron chi connectivity index (χ2n) is 4.65. The van der Waals surface area contributed by atoms with Gasteiger partial charge in [-0.3, -0.25) is 0 Å². The SMILES string of the molecule is CCOC1CC(CO)(NCCN(C)C)C1. The van der Waals surface area contributed by atoms with Crippen LogP contribution in [-0.2, 0) is 4.74 Å². The van der Waals surface area contributed by atoms with Crippen LogP contribution in [0.1, 0.15) is 19.8 Å². The van der Waals surface area contributed by atoms with E-state index >= 15 is 0 Å². The second kappa shape index (κ2) is 5.80. The summed E-state index contributed by atoms with van der Waals surface area (Å²) < 4.78 is 5.50. The van der Waals surface area contributed by atoms with Crippen LogP contribution in [0.25, 0.3) is 0 Å². The summed E-state index contributed by atoms with van der Waals surface area (Å²) in [5.41, 5.74) is -0.0736. The van der Waals surface area contributed by atoms with Gasteiger partial charge < -0.3 is 20.1 Å². The molecule has 0 radical (unpaired) electrons. The number of aliphatic hydroxyl groups is 1. The molecule has 0 atom stereocenters. The molecule has 0 aromatic heterocycles. The normalized spacial score (nSPS) is 30.6. The maximum absolute atomic E-state index is 9.36. The molecule has 4 nitrogen and oxygen atoms in total. The average Bonchev–Trinajstić information content (AvgIpc) is 2.13. The lowest BCUT2D eigenvalue weighted by atomic mass is 9.74. The van der Waals surface area contributed by atoms with Crippen LogP contribution >= 0.6 is 0 Å². The molecule has 0 spiro atoms. The van der Waals surface area contributed by atoms with E-state index in [-0.39, 0.29) is 12.1 Å². The van der Waals surface area contributed by atoms with Crippen molar-refractivity contribution in [3.63, 3.8) is 0 Å². The van der Waals surface area contributed by atoms with E-state index in [1.165, 1.54) is 0 Å². The highest BCUT2D eigenvalue weighted by atomic mass is 16.5. The van der Waals surface area contributed by atoms with Crippen LogP contribution in [0, 0.1) is 0 Å². The van der Waals surface area contributed by atoms with Gasteiger partial charge in [-0.1, -0.05) is 0 Å². The summed E-state index contributed by atoms with van der Waals surface area (Å²) in [6.07, 6.45) is 2.21. The largest absolute Gasteiger partial charge is 0.394 e. The fourth-order valence-electron chi connectivity index (χ4n) is 2.04. The van der Waals surface area contributed by atoms with Crippen LogP contribution in [0.15, 0.2) is 0 Å². The minimum absolute atomic E-state index is 0.0736. The van der Waals surface area contributed by atoms with Crippen LogP contribution in [0.3, 0.4) is 0 Å². The summed E-state index contributed by atoms with van der Waals surface area (Å²) in [6.45, 7) is 4.92. The zero-order chi connectivity index (χ0) is 11.3. The Morgan fingerprint density at radius 3 is 2.60 bits per heavy atom. The van der Waals surface area contributed by atoms with Crippen LogP contribution in [0.4, 0.5) is 0 Å². The molecule has 1 rings (SSSR count). The van der Waals surface area contributed by atoms with E-state index in [4.69, 9.17) is 4.74 Å². The van der Waals surface area contributed by atoms with E-state index < -0.39 is 0 Å². The third-order valence-corrected chi connectivity index (χ3v) is 3.00. The molecule has 0 saturated heterocycles. The van der Waals surface area contributed by atoms with Gasteiger partial charge in [0.25, 0.3) is 0 Å². The molecule has 0 aromatic rings. The summed E-state index contributed by atoms with van der Waals surface area (Å²) in [7, 11) is 4.11. The quantitative estimate of drug-likeness (QED) is 0.632. The van der Waals surface area contributed by atoms with E-state index in [0.29, 0.717) is 6.10 Å². The molecule has 1 aliphatic rings. The van der Waals surface area contributed by atoms with Gasteiger partial charge >= 0.3 is 0 Å². The van der Waals surface area contributed by atoms with Crippen molar-refractivity contribution >= 4 is 0 Å². The van der Waals surface area contributed by atoms with Crippen molar-refractivity contribution < 1.29 is 9.84 Å². The van der Waals surface area contributed by atoms with Crippen molar-refractivity contribution in [2.24, 2.45) is 0 Å². The molecule has 0 amide bonds. The molecule has 4 heteroatoms. The van der Waals surface area contributed by atoms with Gasteiger partial charge in [0.2, 0.25) is 0 Å². The zero-order valence-electron chi connectivity index (χ0n) is 10.1. The Morgan fingerprint density at radius 2 is 2.13 bits per heavy atom. The third kappa shape index (κ3) is 3.72. The van der Waals surface area contributed by atoms with Crippen molar-refractivity contribution in [3.05, 3.63) is 0 Å². The summed E-state index contributed by atoms with van der Waals surface area (Å²) in [5.74, 6) is 0. The van der Waals surface area contributed by atoms with Crippen molar-refractivity contribution in [2.75, 3.05) is 40.4 Å². The Balaban J connectivity index is 2.20. The van der Waals surface area contributed by atoms with Crippen molar-refractivity contribution in [3.8, 4) is 0 Å². The molecule has 90 valence electrons. The minimum Gasteiger partial charge on any atom is -0.394 e. The smallest absolute Gasteiger partial charge is 0.0615 e. The lowest BCUT2D eigenvalue weighted by molar-refractivity contribution is -0.0692. The van der Waals surface area contributed by atoms with Gasteiger partial charge in [0.05, 0.1) is 12.7 Å². The summed E-state index contributed by atoms with van der Waals surface area (Å²) in [5, 5.41) is 12.8. The molecule has 15 heavy (non-hydrogen) atoms. The first-order valence-electron chi connectivity index (χ1n) is 5.74. The summed E-state index contributed by atoms with van der Waals surface area (Å²) >= 11 is 0. The maximum atomic E-state index is 9.36. The molecular formula is C11H24N2O2. The number of likely N-dealkylation sites (N-methyl/N-ethyl adjacent to an activating group) is 1. The highest BCUT2D eigenvalue weighted by molar-refractivity contribution is 5.01. The molecule has 1 fully saturated rings. The Kier molecular flexibility index (Phi) is 4.99. The number of hydrogen-bond acceptors (Lipinski definition) is 4. The first-order chi connectivity index (χ1) is 7.12. The summed E-state index contributed by atoms with van der Waals surface area (Å²) in [6, 6.07) is 0. The van der Waals surface area contributed by atoms with Gasteiger partial charge in [0.1, 0.15) is 0 Å². The van der Waals surface area contributed by atoms with Crippen LogP contribution in [-0.4, -0.2) is 62.0 Å². The maximum Gasteiger partial charge on any atom is 0.0615 e. The van der Waals surface area contributed by atoms with E-state index in [1.54, 1.807) is 0 Å². The Bertz CT molecular complexity index is 179. The number of nitrogens with zero attached hydrogens (tertiary/aromatic N) is 1. The lowest BCUT2D eigenvalue weighted by Crippen LogP contribution is -2.61. The molecule has 0 aliphatic heterocycles. The predicted molar refractivity (Wildman–Crippen MR) is 61.0 cm³/mol. The molecule has 2 N–H and O–H groups in total. The zero-order valence-corrected chi connectivity index (χ0v) is 10.1. The molecule has 0 aromatic carbocycles. The molecule has 0 bridgehead atoms. The molecular weight excluding hydrogens is 192 g/mol. The first kappa shape index (κ1) is 12.9. The number of aliphatic hydroxyl groups excluding tert-OH is 1. The van der Waals surface area contributed by atoms with E-state index in [2.05, 4.69) is 24.3 Å². The molecule has 0 unspecified atom stereocenters. The van der Waals surface area contributed by atoms with Gasteiger partial charge in [-0.15, -0.1) is 0 Å². The monoisotopic (exact) mass is 216 g/mol. The average molecular weight is 216 g/mol. The van der Waals surface area contributed by atoms with Gasteiger partial charge in [-0.2, -0.15) is 0 Å². The Morgan fingerprint density at radius 1 is 1.47 bits per heavy atom. The topological polar surface area (TPSA) is 44.7 Å². The van der Waals surface area contributed by atoms with Gasteiger partial charge in [-0.05, 0) is 33.9 Å². The van der Waals surface area contributed by atoms with Crippen LogP contribution in [0.5, 0.6) is 0 Å². The van der Waals surface area contributed by atoms with Gasteiger partial charge in [-0.25, -0.2) is 0 Å². The number of nitrogens with one attached hydrogen (secondary N) is 1. The molecule has 0 heterocycles. The number of ether oxygens (including phenoxy) is 1. The van der Waals surface area contributed by atoms with Crippen LogP contribution < -0.4 is 5.32 Å². The predicted octanol–water partition coefficient (Wildman–Crippen LogP) is 0.0676. The molecule has 1 aliphatic carbocycles. The molecule has 1 saturated carbocycles. The third-order valence-electron chi connectivity index (χ3n) is 3.00. The van der Waals surface area contributed by atoms with E-state index in [9.17, 15) is 5.11 Å². The van der Waals surface area contributed by atoms with E-state index in [1.807, 2.05) is 6.92 Å². The van der Waals surface area contributed by atoms with Crippen molar-refractivity contribution in [2.45, 2.75) is 31.4 Å². The lowest BCUT2D eigenvalue weighted by Gasteiger charge is -2.47. The van der Waals surface area contributed by atoms with Crippen molar-refractivity contribution in [1.82, 2.24) is 10.2 Å². The van der Waals surface area contributed by atoms with Crippen molar-refractivity contribution in [1.29, 1.82) is 0 Å². The van der Waals surface area contributed by atoms with E-state index in [0.717, 1.165) is 32.5 Å². The second-order valence-corrected chi connectivity index (χ2v) is 4.65. The first-order valence-corrected chi connectivity index (χ1v) is 5.74. The Labute approximate surface area is 92.6 Å². The summed E-state index contributed by atoms with van der Waals surface area (Å²) in [4.78, 5) is 2.14. The fraction of sp³-hybridized carbons (Fsp3) is 1.00. The standard InChI is InChI=1S/C11H24N2O2/c1-4-15-10-7-11(8-10,9-14)12-5-6-13(2)3/h10,12,14H,4-9H2,1-3H3. The fourth-order valence-corrected chi connectivity index (χ4v) is 2.04. The van der Waals surface area contributed by atoms with Crippen LogP contribution in [0.2, 0.25) is 0 Å². The number of rotatable bonds is 7. The minimum atomic E-state index is -0.0736. The van der Waals surface area contributed by atoms with Gasteiger partial charge in [0.15, 0.2) is 0 Å². The highest BCUT2D eigenvalue weighted by Crippen LogP contribution is 2.33. The van der Waals surface area contributed by atoms with Gasteiger partial charge in [0, 0.05) is 25.2 Å².